The third-order valence-electron chi connectivity index (χ3n) is 3.98. The van der Waals surface area contributed by atoms with Gasteiger partial charge in [-0.3, -0.25) is 4.79 Å². The predicted octanol–water partition coefficient (Wildman–Crippen LogP) is 4.80. The molecule has 1 unspecified atom stereocenters. The molecule has 1 amide bonds. The third-order valence-corrected chi connectivity index (χ3v) is 4.96. The molecule has 2 aromatic rings. The van der Waals surface area contributed by atoms with Crippen molar-refractivity contribution in [3.63, 3.8) is 0 Å². The van der Waals surface area contributed by atoms with Gasteiger partial charge < -0.3 is 5.32 Å². The number of aryl methyl sites for hydroxylation is 2. The van der Waals surface area contributed by atoms with Crippen molar-refractivity contribution in [2.75, 3.05) is 5.75 Å². The van der Waals surface area contributed by atoms with Gasteiger partial charge in [0.2, 0.25) is 5.91 Å². The van der Waals surface area contributed by atoms with E-state index < -0.39 is 0 Å². The molecule has 122 valence electrons. The highest BCUT2D eigenvalue weighted by Gasteiger charge is 2.12. The molecule has 0 aliphatic carbocycles. The van der Waals surface area contributed by atoms with Crippen molar-refractivity contribution >= 4 is 17.7 Å². The van der Waals surface area contributed by atoms with E-state index in [-0.39, 0.29) is 11.9 Å². The predicted molar refractivity (Wildman–Crippen MR) is 99.7 cm³/mol. The second-order valence-corrected chi connectivity index (χ2v) is 6.84. The number of thioether (sulfide) groups is 1. The lowest BCUT2D eigenvalue weighted by atomic mass is 10.0. The quantitative estimate of drug-likeness (QED) is 0.791. The van der Waals surface area contributed by atoms with E-state index in [0.29, 0.717) is 5.75 Å². The van der Waals surface area contributed by atoms with Gasteiger partial charge in [-0.15, -0.1) is 11.8 Å². The van der Waals surface area contributed by atoms with Crippen LogP contribution in [-0.4, -0.2) is 11.7 Å². The number of carbonyl (C=O) groups excluding carboxylic acids is 1. The SMILES string of the molecule is CCC(NC(=O)CSCc1ccccc1C)c1ccc(C)cc1. The lowest BCUT2D eigenvalue weighted by Crippen LogP contribution is -2.29. The summed E-state index contributed by atoms with van der Waals surface area (Å²) in [5.74, 6) is 1.48. The van der Waals surface area contributed by atoms with E-state index in [0.717, 1.165) is 12.2 Å². The number of carbonyl (C=O) groups is 1. The highest BCUT2D eigenvalue weighted by Crippen LogP contribution is 2.19. The van der Waals surface area contributed by atoms with E-state index in [2.05, 4.69) is 62.5 Å². The molecule has 2 aromatic carbocycles. The maximum absolute atomic E-state index is 12.2. The zero-order chi connectivity index (χ0) is 16.7. The van der Waals surface area contributed by atoms with Crippen molar-refractivity contribution in [2.45, 2.75) is 39.0 Å². The van der Waals surface area contributed by atoms with E-state index in [1.807, 2.05) is 12.1 Å². The van der Waals surface area contributed by atoms with E-state index in [9.17, 15) is 4.79 Å². The minimum absolute atomic E-state index is 0.0992. The van der Waals surface area contributed by atoms with Crippen LogP contribution in [0.4, 0.5) is 0 Å². The summed E-state index contributed by atoms with van der Waals surface area (Å²) in [5.41, 5.74) is 5.00. The number of amides is 1. The van der Waals surface area contributed by atoms with E-state index in [4.69, 9.17) is 0 Å². The molecular weight excluding hydrogens is 302 g/mol. The Hall–Kier alpha value is -1.74. The molecule has 0 fully saturated rings. The molecule has 0 heterocycles. The Labute approximate surface area is 143 Å². The molecule has 1 atom stereocenters. The molecule has 0 bridgehead atoms. The smallest absolute Gasteiger partial charge is 0.230 e. The first kappa shape index (κ1) is 17.6. The Morgan fingerprint density at radius 3 is 2.43 bits per heavy atom. The van der Waals surface area contributed by atoms with Crippen molar-refractivity contribution in [3.05, 3.63) is 70.8 Å². The lowest BCUT2D eigenvalue weighted by Gasteiger charge is -2.17. The van der Waals surface area contributed by atoms with Crippen LogP contribution in [0, 0.1) is 13.8 Å². The first-order valence-corrected chi connectivity index (χ1v) is 9.23. The second kappa shape index (κ2) is 8.78. The zero-order valence-electron chi connectivity index (χ0n) is 14.1. The molecule has 0 saturated carbocycles. The van der Waals surface area contributed by atoms with Crippen molar-refractivity contribution in [1.29, 1.82) is 0 Å². The summed E-state index contributed by atoms with van der Waals surface area (Å²) in [6.07, 6.45) is 0.900. The summed E-state index contributed by atoms with van der Waals surface area (Å²) < 4.78 is 0. The molecule has 0 spiro atoms. The highest BCUT2D eigenvalue weighted by molar-refractivity contribution is 7.99. The van der Waals surface area contributed by atoms with Gasteiger partial charge in [0.05, 0.1) is 11.8 Å². The summed E-state index contributed by atoms with van der Waals surface area (Å²) in [6.45, 7) is 6.29. The van der Waals surface area contributed by atoms with Gasteiger partial charge >= 0.3 is 0 Å². The monoisotopic (exact) mass is 327 g/mol. The summed E-state index contributed by atoms with van der Waals surface area (Å²) in [5, 5.41) is 3.14. The van der Waals surface area contributed by atoms with Crippen LogP contribution in [0.25, 0.3) is 0 Å². The third kappa shape index (κ3) is 5.43. The van der Waals surface area contributed by atoms with Gasteiger partial charge in [0.15, 0.2) is 0 Å². The van der Waals surface area contributed by atoms with E-state index in [1.54, 1.807) is 11.8 Å². The van der Waals surface area contributed by atoms with Crippen LogP contribution in [-0.2, 0) is 10.5 Å². The van der Waals surface area contributed by atoms with Crippen LogP contribution in [0.1, 0.15) is 41.6 Å². The van der Waals surface area contributed by atoms with Gasteiger partial charge in [-0.05, 0) is 37.0 Å². The van der Waals surface area contributed by atoms with Gasteiger partial charge in [-0.2, -0.15) is 0 Å². The number of nitrogens with one attached hydrogen (secondary N) is 1. The average Bonchev–Trinajstić information content (AvgIpc) is 2.55. The molecule has 0 radical (unpaired) electrons. The van der Waals surface area contributed by atoms with Crippen LogP contribution >= 0.6 is 11.8 Å². The fourth-order valence-electron chi connectivity index (χ4n) is 2.48. The number of benzene rings is 2. The number of hydrogen-bond donors (Lipinski definition) is 1. The van der Waals surface area contributed by atoms with Gasteiger partial charge in [0.25, 0.3) is 0 Å². The fourth-order valence-corrected chi connectivity index (χ4v) is 3.40. The van der Waals surface area contributed by atoms with Crippen molar-refractivity contribution in [2.24, 2.45) is 0 Å². The van der Waals surface area contributed by atoms with Crippen LogP contribution in [0.3, 0.4) is 0 Å². The second-order valence-electron chi connectivity index (χ2n) is 5.86. The van der Waals surface area contributed by atoms with Gasteiger partial charge in [-0.25, -0.2) is 0 Å². The normalized spacial score (nSPS) is 12.0. The minimum atomic E-state index is 0.0992. The molecule has 0 aliphatic heterocycles. The maximum Gasteiger partial charge on any atom is 0.230 e. The van der Waals surface area contributed by atoms with Crippen LogP contribution < -0.4 is 5.32 Å². The molecule has 2 rings (SSSR count). The Morgan fingerprint density at radius 2 is 1.78 bits per heavy atom. The van der Waals surface area contributed by atoms with Crippen LogP contribution in [0.5, 0.6) is 0 Å². The van der Waals surface area contributed by atoms with E-state index in [1.165, 1.54) is 22.3 Å². The lowest BCUT2D eigenvalue weighted by molar-refractivity contribution is -0.119. The summed E-state index contributed by atoms with van der Waals surface area (Å²) in [7, 11) is 0. The summed E-state index contributed by atoms with van der Waals surface area (Å²) in [6, 6.07) is 16.8. The first-order chi connectivity index (χ1) is 11.1. The Kier molecular flexibility index (Phi) is 6.72. The standard InChI is InChI=1S/C20H25NOS/c1-4-19(17-11-9-15(2)10-12-17)21-20(22)14-23-13-18-8-6-5-7-16(18)3/h5-12,19H,4,13-14H2,1-3H3,(H,21,22). The summed E-state index contributed by atoms with van der Waals surface area (Å²) in [4.78, 5) is 12.2. The molecule has 0 saturated heterocycles. The molecule has 1 N–H and O–H groups in total. The molecular formula is C20H25NOS. The van der Waals surface area contributed by atoms with Gasteiger partial charge in [-0.1, -0.05) is 61.0 Å². The molecule has 23 heavy (non-hydrogen) atoms. The number of hydrogen-bond acceptors (Lipinski definition) is 2. The Balaban J connectivity index is 1.83. The summed E-state index contributed by atoms with van der Waals surface area (Å²) >= 11 is 1.67. The number of rotatable bonds is 7. The maximum atomic E-state index is 12.2. The Bertz CT molecular complexity index is 636. The van der Waals surface area contributed by atoms with E-state index >= 15 is 0 Å². The van der Waals surface area contributed by atoms with Crippen molar-refractivity contribution in [1.82, 2.24) is 5.32 Å². The molecule has 0 aliphatic rings. The largest absolute Gasteiger partial charge is 0.349 e. The molecule has 3 heteroatoms. The Morgan fingerprint density at radius 1 is 1.09 bits per heavy atom. The fraction of sp³-hybridized carbons (Fsp3) is 0.350. The van der Waals surface area contributed by atoms with Gasteiger partial charge in [0, 0.05) is 5.75 Å². The minimum Gasteiger partial charge on any atom is -0.349 e. The first-order valence-electron chi connectivity index (χ1n) is 8.08. The topological polar surface area (TPSA) is 29.1 Å². The highest BCUT2D eigenvalue weighted by atomic mass is 32.2. The van der Waals surface area contributed by atoms with Crippen molar-refractivity contribution in [3.8, 4) is 0 Å². The molecule has 2 nitrogen and oxygen atoms in total. The molecule has 0 aromatic heterocycles. The van der Waals surface area contributed by atoms with Crippen molar-refractivity contribution < 1.29 is 4.79 Å². The average molecular weight is 327 g/mol. The van der Waals surface area contributed by atoms with Crippen LogP contribution in [0.2, 0.25) is 0 Å². The zero-order valence-corrected chi connectivity index (χ0v) is 15.0. The van der Waals surface area contributed by atoms with Crippen LogP contribution in [0.15, 0.2) is 48.5 Å². The van der Waals surface area contributed by atoms with Gasteiger partial charge in [0.1, 0.15) is 0 Å².